The Morgan fingerprint density at radius 2 is 2.06 bits per heavy atom. The monoisotopic (exact) mass is 250 g/mol. The second-order valence-corrected chi connectivity index (χ2v) is 3.68. The van der Waals surface area contributed by atoms with E-state index in [0.717, 1.165) is 17.7 Å². The molecule has 0 atom stereocenters. The summed E-state index contributed by atoms with van der Waals surface area (Å²) in [5, 5.41) is 0. The Balaban J connectivity index is 2.11. The van der Waals surface area contributed by atoms with Gasteiger partial charge in [0.1, 0.15) is 12.4 Å². The first-order valence-electron chi connectivity index (χ1n) is 5.41. The summed E-state index contributed by atoms with van der Waals surface area (Å²) in [6.45, 7) is 0.425. The van der Waals surface area contributed by atoms with Gasteiger partial charge in [-0.1, -0.05) is 6.07 Å². The lowest BCUT2D eigenvalue weighted by Crippen LogP contribution is -2.07. The summed E-state index contributed by atoms with van der Waals surface area (Å²) in [6.07, 6.45) is 1.63. The number of benzene rings is 1. The van der Waals surface area contributed by atoms with Gasteiger partial charge in [-0.25, -0.2) is 8.78 Å². The van der Waals surface area contributed by atoms with Crippen LogP contribution in [0.25, 0.3) is 0 Å². The second-order valence-electron chi connectivity index (χ2n) is 3.68. The van der Waals surface area contributed by atoms with E-state index in [9.17, 15) is 8.78 Å². The Labute approximate surface area is 103 Å². The van der Waals surface area contributed by atoms with E-state index in [1.165, 1.54) is 6.07 Å². The summed E-state index contributed by atoms with van der Waals surface area (Å²) in [7, 11) is 0. The normalized spacial score (nSPS) is 10.4. The van der Waals surface area contributed by atoms with Gasteiger partial charge in [-0.2, -0.15) is 0 Å². The van der Waals surface area contributed by atoms with Gasteiger partial charge < -0.3 is 10.5 Å². The first kappa shape index (κ1) is 12.4. The van der Waals surface area contributed by atoms with Crippen LogP contribution in [0.3, 0.4) is 0 Å². The van der Waals surface area contributed by atoms with E-state index in [1.54, 1.807) is 18.3 Å². The molecule has 3 nitrogen and oxygen atoms in total. The van der Waals surface area contributed by atoms with Crippen LogP contribution in [-0.4, -0.2) is 4.98 Å². The van der Waals surface area contributed by atoms with Crippen LogP contribution in [0, 0.1) is 11.6 Å². The molecule has 0 aliphatic carbocycles. The first-order chi connectivity index (χ1) is 8.70. The van der Waals surface area contributed by atoms with Gasteiger partial charge in [-0.05, 0) is 18.2 Å². The summed E-state index contributed by atoms with van der Waals surface area (Å²) in [5.74, 6) is -1.36. The molecular formula is C13H12F2N2O. The van der Waals surface area contributed by atoms with Gasteiger partial charge in [0.05, 0.1) is 5.69 Å². The summed E-state index contributed by atoms with van der Waals surface area (Å²) in [5.41, 5.74) is 7.00. The lowest BCUT2D eigenvalue weighted by Gasteiger charge is -2.09. The summed E-state index contributed by atoms with van der Waals surface area (Å²) < 4.78 is 31.3. The SMILES string of the molecule is NCc1ncccc1COc1ccc(F)cc1F. The fourth-order valence-electron chi connectivity index (χ4n) is 1.53. The number of ether oxygens (including phenoxy) is 1. The van der Waals surface area contributed by atoms with Crippen molar-refractivity contribution in [1.82, 2.24) is 4.98 Å². The van der Waals surface area contributed by atoms with Gasteiger partial charge in [0, 0.05) is 24.4 Å². The van der Waals surface area contributed by atoms with Crippen LogP contribution in [0.1, 0.15) is 11.3 Å². The van der Waals surface area contributed by atoms with Gasteiger partial charge in [0.15, 0.2) is 11.6 Å². The van der Waals surface area contributed by atoms with Gasteiger partial charge in [0.25, 0.3) is 0 Å². The number of aromatic nitrogens is 1. The van der Waals surface area contributed by atoms with Gasteiger partial charge in [-0.3, -0.25) is 4.98 Å². The molecule has 2 aromatic rings. The molecule has 0 saturated carbocycles. The Kier molecular flexibility index (Phi) is 3.84. The number of hydrogen-bond acceptors (Lipinski definition) is 3. The zero-order chi connectivity index (χ0) is 13.0. The highest BCUT2D eigenvalue weighted by atomic mass is 19.1. The average molecular weight is 250 g/mol. The minimum Gasteiger partial charge on any atom is -0.486 e. The fourth-order valence-corrected chi connectivity index (χ4v) is 1.53. The Morgan fingerprint density at radius 1 is 1.22 bits per heavy atom. The minimum absolute atomic E-state index is 0.00299. The van der Waals surface area contributed by atoms with Crippen molar-refractivity contribution in [1.29, 1.82) is 0 Å². The summed E-state index contributed by atoms with van der Waals surface area (Å²) >= 11 is 0. The predicted octanol–water partition coefficient (Wildman–Crippen LogP) is 2.40. The van der Waals surface area contributed by atoms with Crippen LogP contribution in [-0.2, 0) is 13.2 Å². The van der Waals surface area contributed by atoms with E-state index in [1.807, 2.05) is 0 Å². The van der Waals surface area contributed by atoms with Crippen LogP contribution < -0.4 is 10.5 Å². The van der Waals surface area contributed by atoms with E-state index in [0.29, 0.717) is 5.69 Å². The Bertz CT molecular complexity index is 546. The molecule has 1 aromatic carbocycles. The molecule has 5 heteroatoms. The maximum Gasteiger partial charge on any atom is 0.167 e. The number of nitrogens with zero attached hydrogens (tertiary/aromatic N) is 1. The lowest BCUT2D eigenvalue weighted by molar-refractivity contribution is 0.287. The molecule has 1 heterocycles. The molecule has 94 valence electrons. The molecule has 2 N–H and O–H groups in total. The highest BCUT2D eigenvalue weighted by molar-refractivity contribution is 5.26. The van der Waals surface area contributed by atoms with Crippen molar-refractivity contribution in [2.75, 3.05) is 0 Å². The van der Waals surface area contributed by atoms with Crippen molar-refractivity contribution in [2.24, 2.45) is 5.73 Å². The van der Waals surface area contributed by atoms with Crippen LogP contribution >= 0.6 is 0 Å². The van der Waals surface area contributed by atoms with Gasteiger partial charge >= 0.3 is 0 Å². The predicted molar refractivity (Wildman–Crippen MR) is 62.8 cm³/mol. The van der Waals surface area contributed by atoms with Crippen LogP contribution in [0.5, 0.6) is 5.75 Å². The smallest absolute Gasteiger partial charge is 0.167 e. The molecule has 0 radical (unpaired) electrons. The molecule has 18 heavy (non-hydrogen) atoms. The molecule has 0 unspecified atom stereocenters. The highest BCUT2D eigenvalue weighted by Gasteiger charge is 2.07. The van der Waals surface area contributed by atoms with Crippen molar-refractivity contribution < 1.29 is 13.5 Å². The standard InChI is InChI=1S/C13H12F2N2O/c14-10-3-4-13(11(15)6-10)18-8-9-2-1-5-17-12(9)7-16/h1-6H,7-8,16H2. The number of halogens is 2. The number of nitrogens with two attached hydrogens (primary N) is 1. The van der Waals surface area contributed by atoms with Crippen LogP contribution in [0.4, 0.5) is 8.78 Å². The first-order valence-corrected chi connectivity index (χ1v) is 5.41. The highest BCUT2D eigenvalue weighted by Crippen LogP contribution is 2.19. The van der Waals surface area contributed by atoms with Crippen molar-refractivity contribution in [3.8, 4) is 5.75 Å². The average Bonchev–Trinajstić information content (AvgIpc) is 2.38. The topological polar surface area (TPSA) is 48.1 Å². The van der Waals surface area contributed by atoms with Crippen molar-refractivity contribution in [2.45, 2.75) is 13.2 Å². The molecule has 0 amide bonds. The maximum absolute atomic E-state index is 13.3. The molecule has 1 aromatic heterocycles. The molecule has 0 fully saturated rings. The van der Waals surface area contributed by atoms with Crippen molar-refractivity contribution in [3.63, 3.8) is 0 Å². The van der Waals surface area contributed by atoms with Crippen molar-refractivity contribution >= 4 is 0 Å². The van der Waals surface area contributed by atoms with Crippen molar-refractivity contribution in [3.05, 3.63) is 59.4 Å². The lowest BCUT2D eigenvalue weighted by atomic mass is 10.2. The zero-order valence-electron chi connectivity index (χ0n) is 9.57. The molecule has 0 saturated heterocycles. The summed E-state index contributed by atoms with van der Waals surface area (Å²) in [6, 6.07) is 6.73. The molecule has 0 bridgehead atoms. The second kappa shape index (κ2) is 5.55. The van der Waals surface area contributed by atoms with Gasteiger partial charge in [-0.15, -0.1) is 0 Å². The third-order valence-corrected chi connectivity index (χ3v) is 2.45. The third kappa shape index (κ3) is 2.81. The number of pyridine rings is 1. The molecular weight excluding hydrogens is 238 g/mol. The summed E-state index contributed by atoms with van der Waals surface area (Å²) in [4.78, 5) is 4.09. The quantitative estimate of drug-likeness (QED) is 0.906. The number of rotatable bonds is 4. The van der Waals surface area contributed by atoms with E-state index in [2.05, 4.69) is 4.98 Å². The van der Waals surface area contributed by atoms with E-state index in [4.69, 9.17) is 10.5 Å². The molecule has 2 rings (SSSR count). The minimum atomic E-state index is -0.729. The molecule has 0 aliphatic heterocycles. The zero-order valence-corrected chi connectivity index (χ0v) is 9.57. The molecule has 0 spiro atoms. The number of hydrogen-bond donors (Lipinski definition) is 1. The largest absolute Gasteiger partial charge is 0.486 e. The fraction of sp³-hybridized carbons (Fsp3) is 0.154. The van der Waals surface area contributed by atoms with E-state index < -0.39 is 11.6 Å². The Morgan fingerprint density at radius 3 is 2.78 bits per heavy atom. The molecule has 0 aliphatic rings. The third-order valence-electron chi connectivity index (χ3n) is 2.45. The van der Waals surface area contributed by atoms with Crippen LogP contribution in [0.15, 0.2) is 36.5 Å². The van der Waals surface area contributed by atoms with Crippen LogP contribution in [0.2, 0.25) is 0 Å². The van der Waals surface area contributed by atoms with E-state index >= 15 is 0 Å². The van der Waals surface area contributed by atoms with Gasteiger partial charge in [0.2, 0.25) is 0 Å². The van der Waals surface area contributed by atoms with E-state index in [-0.39, 0.29) is 18.9 Å². The Hall–Kier alpha value is -2.01. The maximum atomic E-state index is 13.3.